The number of carbonyl (C=O) groups is 3. The van der Waals surface area contributed by atoms with Gasteiger partial charge in [-0.15, -0.1) is 13.2 Å². The molecule has 150 valence electrons. The fourth-order valence-corrected chi connectivity index (χ4v) is 2.95. The molecule has 2 aromatic rings. The monoisotopic (exact) mass is 423 g/mol. The van der Waals surface area contributed by atoms with E-state index in [9.17, 15) is 27.6 Å². The molecule has 0 radical (unpaired) electrons. The Balaban J connectivity index is 1.56. The predicted octanol–water partition coefficient (Wildman–Crippen LogP) is 4.55. The van der Waals surface area contributed by atoms with Crippen molar-refractivity contribution >= 4 is 46.4 Å². The van der Waals surface area contributed by atoms with Gasteiger partial charge in [0.15, 0.2) is 0 Å². The number of carbonyl (C=O) groups excluding carboxylic acids is 3. The molecule has 1 aliphatic heterocycles. The molecule has 29 heavy (non-hydrogen) atoms. The van der Waals surface area contributed by atoms with E-state index in [0.717, 1.165) is 23.9 Å². The largest absolute Gasteiger partial charge is 0.573 e. The summed E-state index contributed by atoms with van der Waals surface area (Å²) in [7, 11) is 0. The molecule has 1 fully saturated rings. The van der Waals surface area contributed by atoms with Crippen LogP contribution >= 0.6 is 11.8 Å². The van der Waals surface area contributed by atoms with Crippen LogP contribution in [0.1, 0.15) is 5.56 Å². The van der Waals surface area contributed by atoms with Crippen LogP contribution in [0.15, 0.2) is 53.4 Å². The number of imide groups is 1. The number of ether oxygens (including phenoxy) is 1. The third kappa shape index (κ3) is 6.01. The average Bonchev–Trinajstić information content (AvgIpc) is 2.94. The Morgan fingerprint density at radius 1 is 0.966 bits per heavy atom. The number of hydrogen-bond acceptors (Lipinski definition) is 5. The standard InChI is InChI=1S/C18H12F3N3O4S/c19-18(20,21)28-13-7-5-12(6-8-13)23-16(26)22-11-3-1-10(2-4-11)9-14-15(25)24-17(27)29-14/h1-9H,(H2,22,23,26)(H,24,25,27)/b14-9-. The van der Waals surface area contributed by atoms with E-state index in [-0.39, 0.29) is 10.6 Å². The van der Waals surface area contributed by atoms with Crippen molar-refractivity contribution in [2.24, 2.45) is 0 Å². The second kappa shape index (κ2) is 8.27. The zero-order valence-electron chi connectivity index (χ0n) is 14.4. The van der Waals surface area contributed by atoms with E-state index < -0.39 is 29.3 Å². The Bertz CT molecular complexity index is 973. The first kappa shape index (κ1) is 20.3. The van der Waals surface area contributed by atoms with Crippen LogP contribution in [0.4, 0.5) is 34.1 Å². The number of alkyl halides is 3. The van der Waals surface area contributed by atoms with Crippen LogP contribution in [0.5, 0.6) is 5.75 Å². The van der Waals surface area contributed by atoms with Crippen LogP contribution in [-0.2, 0) is 4.79 Å². The van der Waals surface area contributed by atoms with Crippen molar-refractivity contribution < 1.29 is 32.3 Å². The van der Waals surface area contributed by atoms with Gasteiger partial charge in [0.2, 0.25) is 0 Å². The molecule has 1 saturated heterocycles. The minimum Gasteiger partial charge on any atom is -0.406 e. The lowest BCUT2D eigenvalue weighted by Gasteiger charge is -2.10. The van der Waals surface area contributed by atoms with Gasteiger partial charge in [0.25, 0.3) is 11.1 Å². The highest BCUT2D eigenvalue weighted by Crippen LogP contribution is 2.26. The highest BCUT2D eigenvalue weighted by atomic mass is 32.2. The van der Waals surface area contributed by atoms with Crippen LogP contribution in [0.2, 0.25) is 0 Å². The molecule has 0 saturated carbocycles. The molecule has 0 bridgehead atoms. The van der Waals surface area contributed by atoms with Crippen LogP contribution in [0.3, 0.4) is 0 Å². The third-order valence-electron chi connectivity index (χ3n) is 3.45. The lowest BCUT2D eigenvalue weighted by molar-refractivity contribution is -0.274. The summed E-state index contributed by atoms with van der Waals surface area (Å²) in [4.78, 5) is 34.9. The van der Waals surface area contributed by atoms with Crippen molar-refractivity contribution in [2.75, 3.05) is 10.6 Å². The summed E-state index contributed by atoms with van der Waals surface area (Å²) in [6.45, 7) is 0. The summed E-state index contributed by atoms with van der Waals surface area (Å²) in [5.41, 5.74) is 1.37. The molecule has 11 heteroatoms. The molecule has 0 unspecified atom stereocenters. The maximum Gasteiger partial charge on any atom is 0.573 e. The number of nitrogens with one attached hydrogen (secondary N) is 3. The van der Waals surface area contributed by atoms with E-state index in [1.807, 2.05) is 0 Å². The molecular weight excluding hydrogens is 411 g/mol. The molecule has 3 N–H and O–H groups in total. The summed E-state index contributed by atoms with van der Waals surface area (Å²) in [5.74, 6) is -0.864. The third-order valence-corrected chi connectivity index (χ3v) is 4.26. The zero-order chi connectivity index (χ0) is 21.0. The van der Waals surface area contributed by atoms with Gasteiger partial charge < -0.3 is 15.4 Å². The van der Waals surface area contributed by atoms with E-state index in [2.05, 4.69) is 20.7 Å². The molecular formula is C18H12F3N3O4S. The molecule has 0 aliphatic carbocycles. The second-order valence-corrected chi connectivity index (χ2v) is 6.64. The Kier molecular flexibility index (Phi) is 5.78. The van der Waals surface area contributed by atoms with Crippen LogP contribution in [0, 0.1) is 0 Å². The zero-order valence-corrected chi connectivity index (χ0v) is 15.2. The van der Waals surface area contributed by atoms with E-state index in [1.54, 1.807) is 30.3 Å². The number of benzene rings is 2. The van der Waals surface area contributed by atoms with Gasteiger partial charge in [-0.05, 0) is 59.8 Å². The molecule has 4 amide bonds. The van der Waals surface area contributed by atoms with E-state index in [4.69, 9.17) is 0 Å². The number of thioether (sulfide) groups is 1. The number of urea groups is 1. The maximum atomic E-state index is 12.1. The smallest absolute Gasteiger partial charge is 0.406 e. The average molecular weight is 423 g/mol. The lowest BCUT2D eigenvalue weighted by Crippen LogP contribution is -2.19. The fourth-order valence-electron chi connectivity index (χ4n) is 2.27. The highest BCUT2D eigenvalue weighted by Gasteiger charge is 2.31. The van der Waals surface area contributed by atoms with Gasteiger partial charge in [-0.1, -0.05) is 12.1 Å². The van der Waals surface area contributed by atoms with E-state index in [0.29, 0.717) is 11.3 Å². The van der Waals surface area contributed by atoms with Gasteiger partial charge in [0, 0.05) is 11.4 Å². The molecule has 3 rings (SSSR count). The summed E-state index contributed by atoms with van der Waals surface area (Å²) < 4.78 is 40.1. The van der Waals surface area contributed by atoms with Gasteiger partial charge >= 0.3 is 12.4 Å². The second-order valence-electron chi connectivity index (χ2n) is 5.63. The van der Waals surface area contributed by atoms with Gasteiger partial charge in [0.05, 0.1) is 4.91 Å². The van der Waals surface area contributed by atoms with Crippen molar-refractivity contribution in [2.45, 2.75) is 6.36 Å². The van der Waals surface area contributed by atoms with Gasteiger partial charge in [-0.2, -0.15) is 0 Å². The van der Waals surface area contributed by atoms with Crippen LogP contribution in [-0.4, -0.2) is 23.5 Å². The molecule has 0 aromatic heterocycles. The molecule has 1 heterocycles. The van der Waals surface area contributed by atoms with Crippen molar-refractivity contribution in [1.82, 2.24) is 5.32 Å². The highest BCUT2D eigenvalue weighted by molar-refractivity contribution is 8.18. The summed E-state index contributed by atoms with van der Waals surface area (Å²) in [6, 6.07) is 10.5. The van der Waals surface area contributed by atoms with Crippen molar-refractivity contribution in [1.29, 1.82) is 0 Å². The first-order chi connectivity index (χ1) is 13.7. The SMILES string of the molecule is O=C(Nc1ccc(/C=C2\SC(=O)NC2=O)cc1)Nc1ccc(OC(F)(F)F)cc1. The van der Waals surface area contributed by atoms with Crippen LogP contribution in [0.25, 0.3) is 6.08 Å². The van der Waals surface area contributed by atoms with E-state index >= 15 is 0 Å². The quantitative estimate of drug-likeness (QED) is 0.627. The molecule has 0 spiro atoms. The summed E-state index contributed by atoms with van der Waals surface area (Å²) >= 11 is 0.799. The molecule has 7 nitrogen and oxygen atoms in total. The molecule has 1 aliphatic rings. The molecule has 0 atom stereocenters. The van der Waals surface area contributed by atoms with Gasteiger partial charge in [0.1, 0.15) is 5.75 Å². The van der Waals surface area contributed by atoms with Gasteiger partial charge in [-0.3, -0.25) is 14.9 Å². The van der Waals surface area contributed by atoms with E-state index in [1.165, 1.54) is 12.1 Å². The first-order valence-corrected chi connectivity index (χ1v) is 8.78. The normalized spacial score (nSPS) is 15.2. The number of halogens is 3. The van der Waals surface area contributed by atoms with Crippen molar-refractivity contribution in [3.8, 4) is 5.75 Å². The minimum atomic E-state index is -4.79. The molecule has 2 aromatic carbocycles. The number of amides is 4. The number of hydrogen-bond donors (Lipinski definition) is 3. The predicted molar refractivity (Wildman–Crippen MR) is 101 cm³/mol. The summed E-state index contributed by atoms with van der Waals surface area (Å²) in [6.07, 6.45) is -3.25. The van der Waals surface area contributed by atoms with Crippen LogP contribution < -0.4 is 20.7 Å². The number of rotatable bonds is 4. The topological polar surface area (TPSA) is 96.5 Å². The maximum absolute atomic E-state index is 12.1. The fraction of sp³-hybridized carbons (Fsp3) is 0.0556. The Morgan fingerprint density at radius 3 is 2.00 bits per heavy atom. The van der Waals surface area contributed by atoms with Gasteiger partial charge in [-0.25, -0.2) is 4.79 Å². The van der Waals surface area contributed by atoms with Crippen molar-refractivity contribution in [3.63, 3.8) is 0 Å². The Labute approximate surface area is 166 Å². The Morgan fingerprint density at radius 2 is 1.52 bits per heavy atom. The minimum absolute atomic E-state index is 0.270. The van der Waals surface area contributed by atoms with Crippen molar-refractivity contribution in [3.05, 3.63) is 59.0 Å². The summed E-state index contributed by atoms with van der Waals surface area (Å²) in [5, 5.41) is 6.75. The first-order valence-electron chi connectivity index (χ1n) is 7.97. The number of anilines is 2. The Hall–Kier alpha value is -3.47. The lowest BCUT2D eigenvalue weighted by atomic mass is 10.2.